The Morgan fingerprint density at radius 3 is 2.39 bits per heavy atom. The molecule has 28 heavy (non-hydrogen) atoms. The van der Waals surface area contributed by atoms with Crippen molar-refractivity contribution in [3.8, 4) is 0 Å². The van der Waals surface area contributed by atoms with E-state index in [0.717, 1.165) is 18.0 Å². The molecule has 1 aromatic carbocycles. The van der Waals surface area contributed by atoms with E-state index in [9.17, 15) is 18.0 Å². The molecule has 0 radical (unpaired) electrons. The minimum atomic E-state index is -4.48. The molecule has 2 heterocycles. The van der Waals surface area contributed by atoms with E-state index in [4.69, 9.17) is 11.6 Å². The maximum absolute atomic E-state index is 12.8. The Bertz CT molecular complexity index is 864. The van der Waals surface area contributed by atoms with Gasteiger partial charge in [0.25, 0.3) is 5.91 Å². The van der Waals surface area contributed by atoms with E-state index < -0.39 is 11.7 Å². The van der Waals surface area contributed by atoms with Crippen LogP contribution in [0.15, 0.2) is 36.5 Å². The third kappa shape index (κ3) is 4.32. The van der Waals surface area contributed by atoms with Crippen LogP contribution in [0, 0.1) is 0 Å². The van der Waals surface area contributed by atoms with Crippen molar-refractivity contribution in [2.24, 2.45) is 0 Å². The highest BCUT2D eigenvalue weighted by Crippen LogP contribution is 2.33. The molecule has 1 amide bonds. The van der Waals surface area contributed by atoms with E-state index in [1.165, 1.54) is 0 Å². The molecule has 0 aliphatic carbocycles. The van der Waals surface area contributed by atoms with Crippen LogP contribution in [0.3, 0.4) is 0 Å². The van der Waals surface area contributed by atoms with E-state index >= 15 is 0 Å². The lowest BCUT2D eigenvalue weighted by Crippen LogP contribution is -2.49. The van der Waals surface area contributed by atoms with Crippen molar-refractivity contribution in [1.29, 1.82) is 0 Å². The number of alkyl halides is 3. The molecule has 1 fully saturated rings. The Balaban J connectivity index is 1.68. The number of piperazine rings is 1. The molecule has 1 aliphatic rings. The minimum absolute atomic E-state index is 0.0479. The molecule has 0 bridgehead atoms. The van der Waals surface area contributed by atoms with Gasteiger partial charge in [-0.25, -0.2) is 4.98 Å². The lowest BCUT2D eigenvalue weighted by atomic mass is 10.1. The molecule has 0 N–H and O–H groups in total. The fourth-order valence-electron chi connectivity index (χ4n) is 3.04. The summed E-state index contributed by atoms with van der Waals surface area (Å²) in [6.45, 7) is 1.75. The van der Waals surface area contributed by atoms with Crippen LogP contribution >= 0.6 is 11.6 Å². The summed E-state index contributed by atoms with van der Waals surface area (Å²) in [6.07, 6.45) is -3.70. The van der Waals surface area contributed by atoms with Crippen LogP contribution in [0.25, 0.3) is 0 Å². The van der Waals surface area contributed by atoms with Gasteiger partial charge in [0.1, 0.15) is 5.82 Å². The zero-order chi connectivity index (χ0) is 20.5. The Labute approximate surface area is 166 Å². The number of pyridine rings is 1. The third-order valence-corrected chi connectivity index (χ3v) is 4.90. The summed E-state index contributed by atoms with van der Waals surface area (Å²) < 4.78 is 38.3. The number of carbonyl (C=O) groups is 1. The first-order valence-corrected chi connectivity index (χ1v) is 9.09. The summed E-state index contributed by atoms with van der Waals surface area (Å²) in [5.74, 6) is 0.228. The van der Waals surface area contributed by atoms with Crippen molar-refractivity contribution in [2.75, 3.05) is 50.1 Å². The van der Waals surface area contributed by atoms with Crippen molar-refractivity contribution < 1.29 is 18.0 Å². The van der Waals surface area contributed by atoms with Gasteiger partial charge in [-0.05, 0) is 24.3 Å². The normalized spacial score (nSPS) is 14.9. The van der Waals surface area contributed by atoms with E-state index in [2.05, 4.69) is 4.98 Å². The highest BCUT2D eigenvalue weighted by molar-refractivity contribution is 6.33. The summed E-state index contributed by atoms with van der Waals surface area (Å²) >= 11 is 6.02. The molecule has 9 heteroatoms. The number of benzene rings is 1. The molecular formula is C19H20ClF3N4O. The van der Waals surface area contributed by atoms with E-state index in [1.807, 2.05) is 37.2 Å². The molecule has 150 valence electrons. The Hall–Kier alpha value is -2.48. The topological polar surface area (TPSA) is 39.7 Å². The maximum atomic E-state index is 12.8. The molecule has 0 unspecified atom stereocenters. The lowest BCUT2D eigenvalue weighted by molar-refractivity contribution is -0.137. The molecule has 1 aliphatic heterocycles. The lowest BCUT2D eigenvalue weighted by Gasteiger charge is -2.36. The van der Waals surface area contributed by atoms with Crippen molar-refractivity contribution in [2.45, 2.75) is 6.18 Å². The van der Waals surface area contributed by atoms with Crippen LogP contribution in [0.2, 0.25) is 5.02 Å². The van der Waals surface area contributed by atoms with E-state index in [0.29, 0.717) is 37.6 Å². The summed E-state index contributed by atoms with van der Waals surface area (Å²) in [4.78, 5) is 22.1. The molecule has 0 spiro atoms. The summed E-state index contributed by atoms with van der Waals surface area (Å²) in [7, 11) is 3.81. The zero-order valence-electron chi connectivity index (χ0n) is 15.5. The number of hydrogen-bond donors (Lipinski definition) is 0. The number of carbonyl (C=O) groups excluding carboxylic acids is 1. The zero-order valence-corrected chi connectivity index (χ0v) is 16.3. The summed E-state index contributed by atoms with van der Waals surface area (Å²) in [5, 5.41) is -0.0479. The van der Waals surface area contributed by atoms with Crippen molar-refractivity contribution >= 4 is 29.0 Å². The van der Waals surface area contributed by atoms with Crippen LogP contribution in [-0.2, 0) is 6.18 Å². The second kappa shape index (κ2) is 7.87. The minimum Gasteiger partial charge on any atom is -0.378 e. The number of hydrogen-bond acceptors (Lipinski definition) is 4. The molecule has 2 aromatic rings. The first kappa shape index (κ1) is 20.3. The van der Waals surface area contributed by atoms with Gasteiger partial charge in [-0.3, -0.25) is 4.79 Å². The number of rotatable bonds is 3. The number of anilines is 2. The summed E-state index contributed by atoms with van der Waals surface area (Å²) in [6, 6.07) is 8.25. The quantitative estimate of drug-likeness (QED) is 0.769. The van der Waals surface area contributed by atoms with Gasteiger partial charge in [0.15, 0.2) is 0 Å². The van der Waals surface area contributed by atoms with Crippen LogP contribution < -0.4 is 9.80 Å². The molecule has 1 aromatic heterocycles. The number of amides is 1. The van der Waals surface area contributed by atoms with Gasteiger partial charge in [-0.1, -0.05) is 17.7 Å². The Morgan fingerprint density at radius 2 is 1.82 bits per heavy atom. The van der Waals surface area contributed by atoms with Crippen molar-refractivity contribution in [3.05, 3.63) is 52.7 Å². The van der Waals surface area contributed by atoms with Gasteiger partial charge in [0, 0.05) is 57.7 Å². The first-order valence-electron chi connectivity index (χ1n) is 8.71. The van der Waals surface area contributed by atoms with Crippen LogP contribution in [-0.4, -0.2) is 56.1 Å². The van der Waals surface area contributed by atoms with Crippen molar-refractivity contribution in [1.82, 2.24) is 9.88 Å². The van der Waals surface area contributed by atoms with Gasteiger partial charge in [-0.15, -0.1) is 0 Å². The van der Waals surface area contributed by atoms with Gasteiger partial charge >= 0.3 is 6.18 Å². The van der Waals surface area contributed by atoms with Gasteiger partial charge in [0.2, 0.25) is 0 Å². The summed E-state index contributed by atoms with van der Waals surface area (Å²) in [5.41, 5.74) is 0.659. The monoisotopic (exact) mass is 412 g/mol. The Kier molecular flexibility index (Phi) is 5.69. The van der Waals surface area contributed by atoms with Gasteiger partial charge < -0.3 is 14.7 Å². The molecule has 0 saturated carbocycles. The number of nitrogens with zero attached hydrogens (tertiary/aromatic N) is 4. The molecule has 3 rings (SSSR count). The second-order valence-electron chi connectivity index (χ2n) is 6.75. The second-order valence-corrected chi connectivity index (χ2v) is 7.16. The third-order valence-electron chi connectivity index (χ3n) is 4.63. The van der Waals surface area contributed by atoms with Crippen molar-refractivity contribution in [3.63, 3.8) is 0 Å². The molecule has 1 saturated heterocycles. The molecular weight excluding hydrogens is 393 g/mol. The van der Waals surface area contributed by atoms with E-state index in [-0.39, 0.29) is 10.9 Å². The standard InChI is InChI=1S/C19H20ClF3N4O/c1-25(2)15-5-3-4-13(10-15)18(28)27-8-6-26(7-9-27)17-16(20)11-14(12-24-17)19(21,22)23/h3-5,10-12H,6-9H2,1-2H3. The van der Waals surface area contributed by atoms with Gasteiger partial charge in [-0.2, -0.15) is 13.2 Å². The largest absolute Gasteiger partial charge is 0.417 e. The van der Waals surface area contributed by atoms with Crippen LogP contribution in [0.1, 0.15) is 15.9 Å². The smallest absolute Gasteiger partial charge is 0.378 e. The van der Waals surface area contributed by atoms with Crippen LogP contribution in [0.5, 0.6) is 0 Å². The number of aromatic nitrogens is 1. The molecule has 0 atom stereocenters. The highest BCUT2D eigenvalue weighted by Gasteiger charge is 2.32. The molecule has 5 nitrogen and oxygen atoms in total. The SMILES string of the molecule is CN(C)c1cccc(C(=O)N2CCN(c3ncc(C(F)(F)F)cc3Cl)CC2)c1. The maximum Gasteiger partial charge on any atom is 0.417 e. The average Bonchev–Trinajstić information content (AvgIpc) is 2.67. The fraction of sp³-hybridized carbons (Fsp3) is 0.368. The van der Waals surface area contributed by atoms with E-state index in [1.54, 1.807) is 15.9 Å². The predicted octanol–water partition coefficient (Wildman–Crippen LogP) is 3.78. The highest BCUT2D eigenvalue weighted by atomic mass is 35.5. The number of halogens is 4. The predicted molar refractivity (Wildman–Crippen MR) is 103 cm³/mol. The van der Waals surface area contributed by atoms with Gasteiger partial charge in [0.05, 0.1) is 10.6 Å². The Morgan fingerprint density at radius 1 is 1.14 bits per heavy atom. The average molecular weight is 413 g/mol. The first-order chi connectivity index (χ1) is 13.2. The van der Waals surface area contributed by atoms with Crippen LogP contribution in [0.4, 0.5) is 24.7 Å². The fourth-order valence-corrected chi connectivity index (χ4v) is 3.33.